The fraction of sp³-hybridized carbons (Fsp3) is 0.667. The largest absolute Gasteiger partial charge is 0.394 e. The molecule has 3 amide bonds. The monoisotopic (exact) mass is 407 g/mol. The lowest BCUT2D eigenvalue weighted by Gasteiger charge is -2.19. The fourth-order valence-corrected chi connectivity index (χ4v) is 2.14. The Bertz CT molecular complexity index is 456. The van der Waals surface area contributed by atoms with Crippen LogP contribution >= 0.6 is 15.9 Å². The van der Waals surface area contributed by atoms with Gasteiger partial charge in [-0.1, -0.05) is 0 Å². The first-order valence-corrected chi connectivity index (χ1v) is 8.39. The number of ether oxygens (including phenoxy) is 1. The summed E-state index contributed by atoms with van der Waals surface area (Å²) in [6, 6.07) is 0. The minimum atomic E-state index is -0.410. The number of hydrogen-bond donors (Lipinski definition) is 2. The third-order valence-corrected chi connectivity index (χ3v) is 3.68. The first kappa shape index (κ1) is 22.6. The number of nitrogens with one attached hydrogen (secondary N) is 1. The van der Waals surface area contributed by atoms with Crippen molar-refractivity contribution in [2.24, 2.45) is 0 Å². The van der Waals surface area contributed by atoms with Crippen molar-refractivity contribution in [2.45, 2.75) is 13.3 Å². The second-order valence-corrected chi connectivity index (χ2v) is 5.99. The molecule has 2 N–H and O–H groups in total. The molecule has 0 aliphatic rings. The van der Waals surface area contributed by atoms with Crippen molar-refractivity contribution in [3.05, 3.63) is 10.6 Å². The molecular formula is C15H26BrN3O5. The van der Waals surface area contributed by atoms with Crippen LogP contribution in [0.3, 0.4) is 0 Å². The van der Waals surface area contributed by atoms with Crippen molar-refractivity contribution in [1.82, 2.24) is 15.1 Å². The smallest absolute Gasteiger partial charge is 0.260 e. The van der Waals surface area contributed by atoms with Gasteiger partial charge in [0.1, 0.15) is 0 Å². The highest BCUT2D eigenvalue weighted by molar-refractivity contribution is 9.12. The van der Waals surface area contributed by atoms with Gasteiger partial charge in [0.05, 0.1) is 24.3 Å². The van der Waals surface area contributed by atoms with E-state index in [0.717, 1.165) is 0 Å². The van der Waals surface area contributed by atoms with Gasteiger partial charge in [-0.2, -0.15) is 0 Å². The number of amides is 3. The molecule has 138 valence electrons. The first-order valence-electron chi connectivity index (χ1n) is 7.60. The van der Waals surface area contributed by atoms with Gasteiger partial charge in [0.25, 0.3) is 5.91 Å². The van der Waals surface area contributed by atoms with Crippen molar-refractivity contribution < 1.29 is 24.2 Å². The maximum absolute atomic E-state index is 12.1. The van der Waals surface area contributed by atoms with E-state index in [1.54, 1.807) is 19.0 Å². The minimum absolute atomic E-state index is 0.0234. The molecule has 0 unspecified atom stereocenters. The number of carbonyl (C=O) groups is 3. The van der Waals surface area contributed by atoms with Crippen LogP contribution in [-0.2, 0) is 19.1 Å². The fourth-order valence-electron chi connectivity index (χ4n) is 1.63. The first-order chi connectivity index (χ1) is 11.3. The molecule has 0 radical (unpaired) electrons. The van der Waals surface area contributed by atoms with E-state index < -0.39 is 5.91 Å². The van der Waals surface area contributed by atoms with Crippen molar-refractivity contribution in [1.29, 1.82) is 0 Å². The van der Waals surface area contributed by atoms with E-state index in [0.29, 0.717) is 19.5 Å². The molecule has 0 fully saturated rings. The number of likely N-dealkylation sites (N-methyl/N-ethyl adjacent to an activating group) is 1. The van der Waals surface area contributed by atoms with E-state index in [-0.39, 0.29) is 42.7 Å². The predicted molar refractivity (Wildman–Crippen MR) is 93.5 cm³/mol. The Morgan fingerprint density at radius 1 is 1.17 bits per heavy atom. The molecule has 9 heteroatoms. The Morgan fingerprint density at radius 2 is 1.79 bits per heavy atom. The molecule has 0 heterocycles. The van der Waals surface area contributed by atoms with E-state index >= 15 is 0 Å². The van der Waals surface area contributed by atoms with Gasteiger partial charge < -0.3 is 25.0 Å². The van der Waals surface area contributed by atoms with Crippen molar-refractivity contribution >= 4 is 33.7 Å². The lowest BCUT2D eigenvalue weighted by molar-refractivity contribution is -0.127. The number of carbonyl (C=O) groups excluding carboxylic acids is 3. The molecule has 24 heavy (non-hydrogen) atoms. The number of nitrogens with zero attached hydrogens (tertiary/aromatic N) is 2. The van der Waals surface area contributed by atoms with Gasteiger partial charge in [-0.05, 0) is 22.4 Å². The number of hydrogen-bond acceptors (Lipinski definition) is 5. The van der Waals surface area contributed by atoms with Crippen LogP contribution in [0.15, 0.2) is 10.6 Å². The van der Waals surface area contributed by atoms with E-state index in [1.165, 1.54) is 17.9 Å². The van der Waals surface area contributed by atoms with E-state index in [4.69, 9.17) is 9.84 Å². The Balaban J connectivity index is 4.17. The molecule has 0 saturated heterocycles. The highest BCUT2D eigenvalue weighted by Crippen LogP contribution is 2.09. The summed E-state index contributed by atoms with van der Waals surface area (Å²) in [5.41, 5.74) is 0. The standard InChI is InChI=1S/C15H26BrN3O5/c1-12(21)18(2)6-4-7-19(3)15(23)13(16)11-14(22)17-5-9-24-10-8-20/h11,20H,4-10H2,1-3H3,(H,17,22)/b13-11+. The summed E-state index contributed by atoms with van der Waals surface area (Å²) in [5, 5.41) is 11.1. The Hall–Kier alpha value is -1.45. The lowest BCUT2D eigenvalue weighted by Crippen LogP contribution is -2.32. The topological polar surface area (TPSA) is 99.2 Å². The highest BCUT2D eigenvalue weighted by Gasteiger charge is 2.14. The molecule has 0 aromatic carbocycles. The Labute approximate surface area is 150 Å². The van der Waals surface area contributed by atoms with Crippen LogP contribution in [-0.4, -0.2) is 86.2 Å². The lowest BCUT2D eigenvalue weighted by atomic mass is 10.3. The van der Waals surface area contributed by atoms with E-state index in [9.17, 15) is 14.4 Å². The summed E-state index contributed by atoms with van der Waals surface area (Å²) in [5.74, 6) is -0.746. The minimum Gasteiger partial charge on any atom is -0.394 e. The van der Waals surface area contributed by atoms with Gasteiger partial charge in [0, 0.05) is 46.7 Å². The molecule has 8 nitrogen and oxygen atoms in total. The molecule has 0 aliphatic carbocycles. The SMILES string of the molecule is CC(=O)N(C)CCCN(C)C(=O)/C(Br)=C\C(=O)NCCOCCO. The maximum Gasteiger partial charge on any atom is 0.260 e. The molecule has 0 spiro atoms. The normalized spacial score (nSPS) is 11.1. The Kier molecular flexibility index (Phi) is 12.1. The van der Waals surface area contributed by atoms with E-state index in [1.807, 2.05) is 0 Å². The number of aliphatic hydroxyl groups is 1. The molecule has 0 aromatic heterocycles. The van der Waals surface area contributed by atoms with Gasteiger partial charge in [0.2, 0.25) is 11.8 Å². The summed E-state index contributed by atoms with van der Waals surface area (Å²) in [6.45, 7) is 3.24. The second kappa shape index (κ2) is 12.9. The van der Waals surface area contributed by atoms with Crippen LogP contribution in [0.4, 0.5) is 0 Å². The molecule has 0 saturated carbocycles. The third kappa shape index (κ3) is 10.3. The molecule has 0 aromatic rings. The summed E-state index contributed by atoms with van der Waals surface area (Å²) < 4.78 is 5.16. The molecule has 0 rings (SSSR count). The predicted octanol–water partition coefficient (Wildman–Crippen LogP) is -0.283. The van der Waals surface area contributed by atoms with Crippen molar-refractivity contribution in [3.63, 3.8) is 0 Å². The number of rotatable bonds is 11. The van der Waals surface area contributed by atoms with Crippen molar-refractivity contribution in [3.8, 4) is 0 Å². The van der Waals surface area contributed by atoms with Crippen LogP contribution < -0.4 is 5.32 Å². The Morgan fingerprint density at radius 3 is 2.38 bits per heavy atom. The summed E-state index contributed by atoms with van der Waals surface area (Å²) in [4.78, 5) is 37.9. The average molecular weight is 408 g/mol. The molecule has 0 aliphatic heterocycles. The molecular weight excluding hydrogens is 382 g/mol. The average Bonchev–Trinajstić information content (AvgIpc) is 2.53. The summed E-state index contributed by atoms with van der Waals surface area (Å²) in [6.07, 6.45) is 1.82. The van der Waals surface area contributed by atoms with Crippen molar-refractivity contribution in [2.75, 3.05) is 53.6 Å². The third-order valence-electron chi connectivity index (χ3n) is 3.11. The van der Waals surface area contributed by atoms with Crippen LogP contribution in [0.25, 0.3) is 0 Å². The molecule has 0 bridgehead atoms. The van der Waals surface area contributed by atoms with Crippen LogP contribution in [0.1, 0.15) is 13.3 Å². The summed E-state index contributed by atoms with van der Waals surface area (Å²) in [7, 11) is 3.33. The zero-order valence-corrected chi connectivity index (χ0v) is 16.0. The zero-order valence-electron chi connectivity index (χ0n) is 14.4. The van der Waals surface area contributed by atoms with Crippen LogP contribution in [0.5, 0.6) is 0 Å². The number of halogens is 1. The van der Waals surface area contributed by atoms with Gasteiger partial charge in [-0.3, -0.25) is 14.4 Å². The van der Waals surface area contributed by atoms with Gasteiger partial charge in [0.15, 0.2) is 0 Å². The quantitative estimate of drug-likeness (QED) is 0.362. The van der Waals surface area contributed by atoms with Gasteiger partial charge in [-0.15, -0.1) is 0 Å². The number of aliphatic hydroxyl groups excluding tert-OH is 1. The van der Waals surface area contributed by atoms with E-state index in [2.05, 4.69) is 21.2 Å². The van der Waals surface area contributed by atoms with Gasteiger partial charge in [-0.25, -0.2) is 0 Å². The van der Waals surface area contributed by atoms with Gasteiger partial charge >= 0.3 is 0 Å². The zero-order chi connectivity index (χ0) is 18.5. The molecule has 0 atom stereocenters. The highest BCUT2D eigenvalue weighted by atomic mass is 79.9. The van der Waals surface area contributed by atoms with Crippen LogP contribution in [0, 0.1) is 0 Å². The summed E-state index contributed by atoms with van der Waals surface area (Å²) >= 11 is 3.10. The second-order valence-electron chi connectivity index (χ2n) is 5.14. The van der Waals surface area contributed by atoms with Crippen LogP contribution in [0.2, 0.25) is 0 Å². The maximum atomic E-state index is 12.1.